The number of ether oxygens (including phenoxy) is 1. The summed E-state index contributed by atoms with van der Waals surface area (Å²) in [7, 11) is 1.56. The van der Waals surface area contributed by atoms with Crippen LogP contribution in [0.4, 0.5) is 11.4 Å². The molecule has 1 saturated heterocycles. The first-order chi connectivity index (χ1) is 21.5. The van der Waals surface area contributed by atoms with Crippen LogP contribution in [0.3, 0.4) is 0 Å². The molecule has 2 aliphatic heterocycles. The van der Waals surface area contributed by atoms with Crippen molar-refractivity contribution in [3.05, 3.63) is 94.6 Å². The maximum atomic E-state index is 13.3. The molecule has 44 heavy (non-hydrogen) atoms. The molecule has 0 unspecified atom stereocenters. The molecule has 2 N–H and O–H groups in total. The van der Waals surface area contributed by atoms with Gasteiger partial charge in [-0.05, 0) is 29.8 Å². The Morgan fingerprint density at radius 2 is 1.70 bits per heavy atom. The Morgan fingerprint density at radius 1 is 0.932 bits per heavy atom. The van der Waals surface area contributed by atoms with E-state index in [0.717, 1.165) is 47.5 Å². The van der Waals surface area contributed by atoms with E-state index in [1.54, 1.807) is 25.3 Å². The third kappa shape index (κ3) is 6.96. The molecule has 4 aromatic rings. The van der Waals surface area contributed by atoms with Crippen LogP contribution in [0, 0.1) is 0 Å². The van der Waals surface area contributed by atoms with Crippen LogP contribution in [0.1, 0.15) is 16.8 Å². The molecule has 228 valence electrons. The number of anilines is 2. The summed E-state index contributed by atoms with van der Waals surface area (Å²) in [6, 6.07) is 23.6. The van der Waals surface area contributed by atoms with Crippen molar-refractivity contribution in [2.24, 2.45) is 0 Å². The van der Waals surface area contributed by atoms with E-state index in [0.29, 0.717) is 49.1 Å². The van der Waals surface area contributed by atoms with E-state index in [2.05, 4.69) is 44.7 Å². The van der Waals surface area contributed by atoms with E-state index in [9.17, 15) is 9.59 Å². The molecule has 6 rings (SSSR count). The van der Waals surface area contributed by atoms with Gasteiger partial charge in [-0.1, -0.05) is 60.1 Å². The molecular weight excluding hydrogens is 576 g/mol. The predicted octanol–water partition coefficient (Wildman–Crippen LogP) is 4.65. The van der Waals surface area contributed by atoms with Crippen LogP contribution in [0.5, 0.6) is 5.75 Å². The number of nitrogens with one attached hydrogen (secondary N) is 2. The highest BCUT2D eigenvalue weighted by atomic mass is 35.5. The Hall–Kier alpha value is -4.18. The summed E-state index contributed by atoms with van der Waals surface area (Å²) in [5.41, 5.74) is 5.68. The number of hydrogen-bond acceptors (Lipinski definition) is 7. The lowest BCUT2D eigenvalue weighted by Gasteiger charge is -2.35. The average Bonchev–Trinajstić information content (AvgIpc) is 3.04. The van der Waals surface area contributed by atoms with E-state index in [4.69, 9.17) is 21.3 Å². The number of halogens is 1. The molecule has 3 heterocycles. The van der Waals surface area contributed by atoms with Gasteiger partial charge >= 0.3 is 0 Å². The van der Waals surface area contributed by atoms with Gasteiger partial charge in [0.1, 0.15) is 5.75 Å². The highest BCUT2D eigenvalue weighted by Crippen LogP contribution is 2.33. The fraction of sp³-hybridized carbons (Fsp3) is 0.324. The summed E-state index contributed by atoms with van der Waals surface area (Å²) in [5.74, 6) is 0.483. The molecule has 2 amide bonds. The van der Waals surface area contributed by atoms with Gasteiger partial charge in [-0.25, -0.2) is 0 Å². The number of aromatic nitrogens is 1. The van der Waals surface area contributed by atoms with Crippen LogP contribution in [0.15, 0.2) is 72.8 Å². The second-order valence-electron chi connectivity index (χ2n) is 11.3. The van der Waals surface area contributed by atoms with E-state index in [1.807, 2.05) is 35.2 Å². The van der Waals surface area contributed by atoms with Gasteiger partial charge in [0.2, 0.25) is 11.8 Å². The Bertz CT molecular complexity index is 1640. The van der Waals surface area contributed by atoms with Crippen molar-refractivity contribution in [1.82, 2.24) is 19.7 Å². The van der Waals surface area contributed by atoms with Gasteiger partial charge in [-0.3, -0.25) is 24.4 Å². The first-order valence-corrected chi connectivity index (χ1v) is 15.4. The Balaban J connectivity index is 1.11. The maximum Gasteiger partial charge on any atom is 0.241 e. The molecule has 0 radical (unpaired) electrons. The van der Waals surface area contributed by atoms with Crippen molar-refractivity contribution in [3.63, 3.8) is 0 Å². The summed E-state index contributed by atoms with van der Waals surface area (Å²) >= 11 is 6.15. The number of rotatable bonds is 9. The monoisotopic (exact) mass is 612 g/mol. The van der Waals surface area contributed by atoms with E-state index in [1.165, 1.54) is 5.56 Å². The topological polar surface area (TPSA) is 90.0 Å². The van der Waals surface area contributed by atoms with Gasteiger partial charge in [0.05, 0.1) is 37.1 Å². The minimum Gasteiger partial charge on any atom is -0.495 e. The van der Waals surface area contributed by atoms with Crippen molar-refractivity contribution < 1.29 is 14.3 Å². The van der Waals surface area contributed by atoms with Gasteiger partial charge in [0.15, 0.2) is 0 Å². The van der Waals surface area contributed by atoms with E-state index >= 15 is 0 Å². The zero-order chi connectivity index (χ0) is 30.5. The largest absolute Gasteiger partial charge is 0.495 e. The number of para-hydroxylation sites is 1. The third-order valence-electron chi connectivity index (χ3n) is 8.32. The van der Waals surface area contributed by atoms with E-state index in [-0.39, 0.29) is 24.9 Å². The smallest absolute Gasteiger partial charge is 0.241 e. The fourth-order valence-corrected chi connectivity index (χ4v) is 6.20. The van der Waals surface area contributed by atoms with Crippen molar-refractivity contribution >= 4 is 45.7 Å². The summed E-state index contributed by atoms with van der Waals surface area (Å²) in [5, 5.41) is 7.92. The Labute approximate surface area is 262 Å². The van der Waals surface area contributed by atoms with Crippen molar-refractivity contribution in [2.75, 3.05) is 63.6 Å². The minimum absolute atomic E-state index is 0.0847. The van der Waals surface area contributed by atoms with Crippen LogP contribution < -0.4 is 15.4 Å². The van der Waals surface area contributed by atoms with Crippen molar-refractivity contribution in [2.45, 2.75) is 19.5 Å². The molecule has 0 bridgehead atoms. The molecule has 1 fully saturated rings. The number of amides is 2. The lowest BCUT2D eigenvalue weighted by molar-refractivity contribution is -0.131. The molecule has 0 saturated carbocycles. The summed E-state index contributed by atoms with van der Waals surface area (Å²) in [6.07, 6.45) is 0.708. The molecule has 0 spiro atoms. The molecule has 0 atom stereocenters. The number of carbonyl (C=O) groups excluding carboxylic acids is 2. The number of benzene rings is 3. The van der Waals surface area contributed by atoms with Crippen LogP contribution in [0.2, 0.25) is 5.02 Å². The fourth-order valence-electron chi connectivity index (χ4n) is 6.03. The van der Waals surface area contributed by atoms with Gasteiger partial charge in [0.25, 0.3) is 0 Å². The normalized spacial score (nSPS) is 15.5. The first kappa shape index (κ1) is 29.9. The second-order valence-corrected chi connectivity index (χ2v) is 11.7. The zero-order valence-corrected chi connectivity index (χ0v) is 25.6. The second kappa shape index (κ2) is 13.6. The minimum atomic E-state index is -0.154. The summed E-state index contributed by atoms with van der Waals surface area (Å²) in [6.45, 7) is 5.68. The summed E-state index contributed by atoms with van der Waals surface area (Å²) < 4.78 is 5.38. The van der Waals surface area contributed by atoms with E-state index < -0.39 is 0 Å². The summed E-state index contributed by atoms with van der Waals surface area (Å²) in [4.78, 5) is 37.8. The van der Waals surface area contributed by atoms with Crippen molar-refractivity contribution in [1.29, 1.82) is 0 Å². The SMILES string of the molecule is COc1ccc(Cl)cc1NC(=O)CN1CCc2nc3ccccc3c(NCC(=O)N3CCN(Cc4ccccc4)CC3)c2C1. The van der Waals surface area contributed by atoms with Gasteiger partial charge in [0, 0.05) is 73.9 Å². The number of piperazine rings is 1. The number of carbonyl (C=O) groups is 2. The maximum absolute atomic E-state index is 13.3. The highest BCUT2D eigenvalue weighted by Gasteiger charge is 2.26. The predicted molar refractivity (Wildman–Crippen MR) is 174 cm³/mol. The molecule has 9 nitrogen and oxygen atoms in total. The van der Waals surface area contributed by atoms with Crippen molar-refractivity contribution in [3.8, 4) is 5.75 Å². The van der Waals surface area contributed by atoms with Crippen LogP contribution in [0.25, 0.3) is 10.9 Å². The molecule has 3 aromatic carbocycles. The number of hydrogen-bond donors (Lipinski definition) is 2. The lowest BCUT2D eigenvalue weighted by Crippen LogP contribution is -2.49. The van der Waals surface area contributed by atoms with Crippen LogP contribution >= 0.6 is 11.6 Å². The molecule has 1 aromatic heterocycles. The third-order valence-corrected chi connectivity index (χ3v) is 8.55. The standard InChI is InChI=1S/C34H37ClN6O3/c1-44-31-12-11-25(35)19-30(31)38-32(42)23-40-14-13-29-27(22-40)34(26-9-5-6-10-28(26)37-29)36-20-33(43)41-17-15-39(16-18-41)21-24-7-3-2-4-8-24/h2-12,19H,13-18,20-23H2,1H3,(H,36,37)(H,38,42). The number of methoxy groups -OCH3 is 1. The quantitative estimate of drug-likeness (QED) is 0.284. The molecule has 2 aliphatic rings. The zero-order valence-electron chi connectivity index (χ0n) is 24.9. The lowest BCUT2D eigenvalue weighted by atomic mass is 9.99. The molecule has 0 aliphatic carbocycles. The average molecular weight is 613 g/mol. The Kier molecular flexibility index (Phi) is 9.26. The number of fused-ring (bicyclic) bond motifs is 2. The number of pyridine rings is 1. The highest BCUT2D eigenvalue weighted by molar-refractivity contribution is 6.31. The Morgan fingerprint density at radius 3 is 2.50 bits per heavy atom. The number of nitrogens with zero attached hydrogens (tertiary/aromatic N) is 4. The first-order valence-electron chi connectivity index (χ1n) is 15.0. The molecule has 10 heteroatoms. The van der Waals surface area contributed by atoms with Crippen LogP contribution in [-0.2, 0) is 29.1 Å². The molecular formula is C34H37ClN6O3. The van der Waals surface area contributed by atoms with Crippen LogP contribution in [-0.4, -0.2) is 84.4 Å². The van der Waals surface area contributed by atoms with Gasteiger partial charge in [-0.15, -0.1) is 0 Å². The van der Waals surface area contributed by atoms with Gasteiger partial charge in [-0.2, -0.15) is 0 Å². The van der Waals surface area contributed by atoms with Gasteiger partial charge < -0.3 is 20.3 Å².